The van der Waals surface area contributed by atoms with E-state index in [0.717, 1.165) is 6.54 Å². The SMILES string of the molecule is Cc1ccc(CN2CCC(C(C)N)C2)s1.Cl. The van der Waals surface area contributed by atoms with Crippen LogP contribution in [0.3, 0.4) is 0 Å². The van der Waals surface area contributed by atoms with Crippen LogP contribution in [0.1, 0.15) is 23.1 Å². The predicted octanol–water partition coefficient (Wildman–Crippen LogP) is 2.65. The number of thiophene rings is 1. The van der Waals surface area contributed by atoms with Gasteiger partial charge in [0.05, 0.1) is 0 Å². The Morgan fingerprint density at radius 2 is 2.31 bits per heavy atom. The molecule has 1 aromatic rings. The third kappa shape index (κ3) is 3.45. The molecule has 0 amide bonds. The highest BCUT2D eigenvalue weighted by molar-refractivity contribution is 7.11. The highest BCUT2D eigenvalue weighted by atomic mass is 35.5. The quantitative estimate of drug-likeness (QED) is 0.906. The maximum absolute atomic E-state index is 5.93. The van der Waals surface area contributed by atoms with Crippen LogP contribution in [0.4, 0.5) is 0 Å². The maximum atomic E-state index is 5.93. The van der Waals surface area contributed by atoms with Gasteiger partial charge >= 0.3 is 0 Å². The summed E-state index contributed by atoms with van der Waals surface area (Å²) in [5, 5.41) is 0. The summed E-state index contributed by atoms with van der Waals surface area (Å²) >= 11 is 1.91. The molecule has 1 aromatic heterocycles. The molecule has 0 bridgehead atoms. The van der Waals surface area contributed by atoms with E-state index < -0.39 is 0 Å². The summed E-state index contributed by atoms with van der Waals surface area (Å²) in [5.74, 6) is 0.700. The van der Waals surface area contributed by atoms with Crippen LogP contribution in [0.2, 0.25) is 0 Å². The standard InChI is InChI=1S/C12H20N2S.ClH/c1-9-3-4-12(15-9)8-14-6-5-11(7-14)10(2)13;/h3-4,10-11H,5-8,13H2,1-2H3;1H. The van der Waals surface area contributed by atoms with Crippen molar-refractivity contribution in [1.82, 2.24) is 4.90 Å². The highest BCUT2D eigenvalue weighted by Crippen LogP contribution is 2.23. The molecule has 1 aliphatic rings. The zero-order valence-corrected chi connectivity index (χ0v) is 11.6. The zero-order valence-electron chi connectivity index (χ0n) is 9.98. The van der Waals surface area contributed by atoms with Gasteiger partial charge in [-0.25, -0.2) is 0 Å². The Hall–Kier alpha value is -0.0900. The maximum Gasteiger partial charge on any atom is 0.0328 e. The first kappa shape index (κ1) is 14.0. The largest absolute Gasteiger partial charge is 0.328 e. The first-order valence-electron chi connectivity index (χ1n) is 5.68. The number of hydrogen-bond acceptors (Lipinski definition) is 3. The first-order chi connectivity index (χ1) is 7.15. The second kappa shape index (κ2) is 6.01. The Labute approximate surface area is 108 Å². The molecule has 0 spiro atoms. The normalized spacial score (nSPS) is 23.1. The Bertz CT molecular complexity index is 325. The molecule has 0 aromatic carbocycles. The van der Waals surface area contributed by atoms with E-state index in [4.69, 9.17) is 5.73 Å². The second-order valence-electron chi connectivity index (χ2n) is 4.66. The van der Waals surface area contributed by atoms with Gasteiger partial charge in [-0.3, -0.25) is 4.90 Å². The topological polar surface area (TPSA) is 29.3 Å². The van der Waals surface area contributed by atoms with Crippen LogP contribution in [-0.4, -0.2) is 24.0 Å². The number of aryl methyl sites for hydroxylation is 1. The van der Waals surface area contributed by atoms with E-state index in [-0.39, 0.29) is 12.4 Å². The number of hydrogen-bond donors (Lipinski definition) is 1. The van der Waals surface area contributed by atoms with Crippen molar-refractivity contribution in [3.05, 3.63) is 21.9 Å². The Morgan fingerprint density at radius 3 is 2.81 bits per heavy atom. The average molecular weight is 261 g/mol. The molecule has 0 aliphatic carbocycles. The molecule has 92 valence electrons. The van der Waals surface area contributed by atoms with E-state index in [1.54, 1.807) is 0 Å². The Balaban J connectivity index is 0.00000128. The van der Waals surface area contributed by atoms with Gasteiger partial charge in [0.1, 0.15) is 0 Å². The second-order valence-corrected chi connectivity index (χ2v) is 6.03. The lowest BCUT2D eigenvalue weighted by Gasteiger charge is -2.16. The van der Waals surface area contributed by atoms with Crippen LogP contribution in [0.15, 0.2) is 12.1 Å². The molecule has 0 saturated carbocycles. The van der Waals surface area contributed by atoms with Crippen molar-refractivity contribution in [3.63, 3.8) is 0 Å². The minimum Gasteiger partial charge on any atom is -0.328 e. The predicted molar refractivity (Wildman–Crippen MR) is 73.3 cm³/mol. The van der Waals surface area contributed by atoms with Crippen molar-refractivity contribution in [2.75, 3.05) is 13.1 Å². The number of nitrogens with zero attached hydrogens (tertiary/aromatic N) is 1. The molecule has 2 rings (SSSR count). The molecule has 1 saturated heterocycles. The number of halogens is 1. The Morgan fingerprint density at radius 1 is 1.56 bits per heavy atom. The van der Waals surface area contributed by atoms with Gasteiger partial charge in [-0.2, -0.15) is 0 Å². The molecule has 1 aliphatic heterocycles. The molecule has 2 unspecified atom stereocenters. The summed E-state index contributed by atoms with van der Waals surface area (Å²) in [6, 6.07) is 4.80. The molecular formula is C12H21ClN2S. The van der Waals surface area contributed by atoms with Crippen molar-refractivity contribution < 1.29 is 0 Å². The highest BCUT2D eigenvalue weighted by Gasteiger charge is 2.25. The number of likely N-dealkylation sites (tertiary alicyclic amines) is 1. The van der Waals surface area contributed by atoms with Gasteiger partial charge in [0, 0.05) is 28.9 Å². The molecule has 0 radical (unpaired) electrons. The number of nitrogens with two attached hydrogens (primary N) is 1. The smallest absolute Gasteiger partial charge is 0.0328 e. The van der Waals surface area contributed by atoms with E-state index >= 15 is 0 Å². The van der Waals surface area contributed by atoms with Crippen molar-refractivity contribution in [1.29, 1.82) is 0 Å². The van der Waals surface area contributed by atoms with Crippen LogP contribution < -0.4 is 5.73 Å². The van der Waals surface area contributed by atoms with Crippen LogP contribution in [-0.2, 0) is 6.54 Å². The summed E-state index contributed by atoms with van der Waals surface area (Å²) < 4.78 is 0. The molecule has 4 heteroatoms. The van der Waals surface area contributed by atoms with Gasteiger partial charge in [0.2, 0.25) is 0 Å². The first-order valence-corrected chi connectivity index (χ1v) is 6.50. The lowest BCUT2D eigenvalue weighted by molar-refractivity contribution is 0.311. The molecule has 2 atom stereocenters. The molecule has 2 heterocycles. The fraction of sp³-hybridized carbons (Fsp3) is 0.667. The molecule has 2 N–H and O–H groups in total. The lowest BCUT2D eigenvalue weighted by Crippen LogP contribution is -2.29. The van der Waals surface area contributed by atoms with Crippen LogP contribution in [0, 0.1) is 12.8 Å². The van der Waals surface area contributed by atoms with Gasteiger partial charge in [-0.05, 0) is 44.9 Å². The van der Waals surface area contributed by atoms with Crippen molar-refractivity contribution in [2.24, 2.45) is 11.7 Å². The fourth-order valence-corrected chi connectivity index (χ4v) is 3.16. The van der Waals surface area contributed by atoms with Crippen molar-refractivity contribution >= 4 is 23.7 Å². The minimum absolute atomic E-state index is 0. The summed E-state index contributed by atoms with van der Waals surface area (Å²) in [7, 11) is 0. The third-order valence-electron chi connectivity index (χ3n) is 3.23. The zero-order chi connectivity index (χ0) is 10.8. The number of rotatable bonds is 3. The molecule has 1 fully saturated rings. The van der Waals surface area contributed by atoms with Gasteiger partial charge < -0.3 is 5.73 Å². The van der Waals surface area contributed by atoms with Gasteiger partial charge in [-0.1, -0.05) is 0 Å². The third-order valence-corrected chi connectivity index (χ3v) is 4.21. The summed E-state index contributed by atoms with van der Waals surface area (Å²) in [5.41, 5.74) is 5.93. The van der Waals surface area contributed by atoms with E-state index in [9.17, 15) is 0 Å². The van der Waals surface area contributed by atoms with Gasteiger partial charge in [-0.15, -0.1) is 23.7 Å². The van der Waals surface area contributed by atoms with Gasteiger partial charge in [0.15, 0.2) is 0 Å². The fourth-order valence-electron chi connectivity index (χ4n) is 2.23. The summed E-state index contributed by atoms with van der Waals surface area (Å²) in [6.07, 6.45) is 1.27. The van der Waals surface area contributed by atoms with Crippen LogP contribution in [0.25, 0.3) is 0 Å². The summed E-state index contributed by atoms with van der Waals surface area (Å²) in [4.78, 5) is 5.42. The van der Waals surface area contributed by atoms with Crippen molar-refractivity contribution in [2.45, 2.75) is 32.9 Å². The monoisotopic (exact) mass is 260 g/mol. The Kier molecular flexibility index (Phi) is 5.25. The molecule has 2 nitrogen and oxygen atoms in total. The van der Waals surface area contributed by atoms with Crippen LogP contribution in [0.5, 0.6) is 0 Å². The van der Waals surface area contributed by atoms with E-state index in [1.807, 2.05) is 11.3 Å². The lowest BCUT2D eigenvalue weighted by atomic mass is 10.0. The van der Waals surface area contributed by atoms with E-state index in [2.05, 4.69) is 30.9 Å². The minimum atomic E-state index is 0. The molecular weight excluding hydrogens is 240 g/mol. The molecule has 16 heavy (non-hydrogen) atoms. The average Bonchev–Trinajstić information content (AvgIpc) is 2.76. The van der Waals surface area contributed by atoms with E-state index in [0.29, 0.717) is 12.0 Å². The summed E-state index contributed by atoms with van der Waals surface area (Å²) in [6.45, 7) is 7.80. The van der Waals surface area contributed by atoms with E-state index in [1.165, 1.54) is 29.3 Å². The van der Waals surface area contributed by atoms with Crippen LogP contribution >= 0.6 is 23.7 Å². The van der Waals surface area contributed by atoms with Gasteiger partial charge in [0.25, 0.3) is 0 Å². The van der Waals surface area contributed by atoms with Crippen molar-refractivity contribution in [3.8, 4) is 0 Å².